The first-order valence-corrected chi connectivity index (χ1v) is 8.05. The highest BCUT2D eigenvalue weighted by Crippen LogP contribution is 2.19. The average molecular weight is 311 g/mol. The van der Waals surface area contributed by atoms with Crippen LogP contribution in [-0.4, -0.2) is 35.9 Å². The number of carboxylic acids is 1. The number of ether oxygens (including phenoxy) is 1. The molecule has 116 valence electrons. The molecule has 0 radical (unpaired) electrons. The number of amides is 1. The SMILES string of the molecule is CSc1ccc(OC(C)C(=O)NCCCCC(=O)O)cc1. The third-order valence-corrected chi connectivity index (χ3v) is 3.60. The Hall–Kier alpha value is -1.69. The van der Waals surface area contributed by atoms with Crippen LogP contribution in [0.5, 0.6) is 5.75 Å². The van der Waals surface area contributed by atoms with Gasteiger partial charge in [-0.25, -0.2) is 0 Å². The van der Waals surface area contributed by atoms with E-state index in [1.54, 1.807) is 18.7 Å². The highest BCUT2D eigenvalue weighted by Gasteiger charge is 2.13. The molecule has 0 aromatic heterocycles. The Bertz CT molecular complexity index is 461. The van der Waals surface area contributed by atoms with E-state index in [0.717, 1.165) is 4.90 Å². The maximum Gasteiger partial charge on any atom is 0.303 e. The van der Waals surface area contributed by atoms with Crippen molar-refractivity contribution in [2.45, 2.75) is 37.2 Å². The maximum atomic E-state index is 11.8. The van der Waals surface area contributed by atoms with Crippen LogP contribution in [0.2, 0.25) is 0 Å². The number of hydrogen-bond acceptors (Lipinski definition) is 4. The topological polar surface area (TPSA) is 75.6 Å². The molecule has 0 aliphatic heterocycles. The molecule has 0 aliphatic rings. The highest BCUT2D eigenvalue weighted by molar-refractivity contribution is 7.98. The molecule has 0 spiro atoms. The lowest BCUT2D eigenvalue weighted by Gasteiger charge is -2.14. The molecule has 21 heavy (non-hydrogen) atoms. The Balaban J connectivity index is 2.28. The molecule has 0 saturated heterocycles. The van der Waals surface area contributed by atoms with Gasteiger partial charge in [0, 0.05) is 17.9 Å². The van der Waals surface area contributed by atoms with E-state index in [0.29, 0.717) is 25.1 Å². The largest absolute Gasteiger partial charge is 0.481 e. The monoisotopic (exact) mass is 311 g/mol. The summed E-state index contributed by atoms with van der Waals surface area (Å²) in [5.74, 6) is -0.354. The van der Waals surface area contributed by atoms with Crippen molar-refractivity contribution >= 4 is 23.6 Å². The van der Waals surface area contributed by atoms with E-state index >= 15 is 0 Å². The Kier molecular flexibility index (Phi) is 7.68. The van der Waals surface area contributed by atoms with Gasteiger partial charge in [0.05, 0.1) is 0 Å². The van der Waals surface area contributed by atoms with Gasteiger partial charge in [-0.1, -0.05) is 0 Å². The van der Waals surface area contributed by atoms with Gasteiger partial charge in [-0.05, 0) is 50.3 Å². The fraction of sp³-hybridized carbons (Fsp3) is 0.467. The number of rotatable bonds is 9. The molecular weight excluding hydrogens is 290 g/mol. The number of carbonyl (C=O) groups excluding carboxylic acids is 1. The van der Waals surface area contributed by atoms with Gasteiger partial charge in [-0.3, -0.25) is 9.59 Å². The van der Waals surface area contributed by atoms with E-state index < -0.39 is 12.1 Å². The van der Waals surface area contributed by atoms with Crippen molar-refractivity contribution in [1.82, 2.24) is 5.32 Å². The number of unbranched alkanes of at least 4 members (excludes halogenated alkanes) is 1. The van der Waals surface area contributed by atoms with Gasteiger partial charge in [-0.15, -0.1) is 11.8 Å². The van der Waals surface area contributed by atoms with Crippen molar-refractivity contribution in [2.75, 3.05) is 12.8 Å². The van der Waals surface area contributed by atoms with Crippen LogP contribution < -0.4 is 10.1 Å². The molecule has 1 aromatic carbocycles. The summed E-state index contributed by atoms with van der Waals surface area (Å²) < 4.78 is 5.56. The van der Waals surface area contributed by atoms with Gasteiger partial charge in [0.25, 0.3) is 5.91 Å². The number of carbonyl (C=O) groups is 2. The molecule has 0 saturated carbocycles. The molecule has 6 heteroatoms. The zero-order chi connectivity index (χ0) is 15.7. The minimum absolute atomic E-state index is 0.129. The quantitative estimate of drug-likeness (QED) is 0.541. The molecule has 0 heterocycles. The summed E-state index contributed by atoms with van der Waals surface area (Å²) in [5, 5.41) is 11.2. The molecule has 1 amide bonds. The third kappa shape index (κ3) is 7.04. The first-order chi connectivity index (χ1) is 10.0. The molecule has 1 unspecified atom stereocenters. The molecule has 5 nitrogen and oxygen atoms in total. The van der Waals surface area contributed by atoms with Crippen LogP contribution in [0.1, 0.15) is 26.2 Å². The molecule has 0 bridgehead atoms. The first kappa shape index (κ1) is 17.4. The Morgan fingerprint density at radius 1 is 1.29 bits per heavy atom. The zero-order valence-electron chi connectivity index (χ0n) is 12.3. The number of thioether (sulfide) groups is 1. The van der Waals surface area contributed by atoms with E-state index in [2.05, 4.69) is 5.32 Å². The fourth-order valence-electron chi connectivity index (χ4n) is 1.67. The van der Waals surface area contributed by atoms with Gasteiger partial charge in [0.2, 0.25) is 0 Å². The number of carboxylic acid groups (broad SMARTS) is 1. The first-order valence-electron chi connectivity index (χ1n) is 6.83. The van der Waals surface area contributed by atoms with Crippen LogP contribution in [0.15, 0.2) is 29.2 Å². The molecule has 0 fully saturated rings. The van der Waals surface area contributed by atoms with E-state index in [1.807, 2.05) is 30.5 Å². The van der Waals surface area contributed by atoms with Gasteiger partial charge in [0.15, 0.2) is 6.10 Å². The van der Waals surface area contributed by atoms with E-state index in [4.69, 9.17) is 9.84 Å². The van der Waals surface area contributed by atoms with Gasteiger partial charge >= 0.3 is 5.97 Å². The average Bonchev–Trinajstić information content (AvgIpc) is 2.47. The van der Waals surface area contributed by atoms with Crippen molar-refractivity contribution < 1.29 is 19.4 Å². The van der Waals surface area contributed by atoms with Crippen molar-refractivity contribution in [3.63, 3.8) is 0 Å². The smallest absolute Gasteiger partial charge is 0.303 e. The van der Waals surface area contributed by atoms with Crippen molar-refractivity contribution in [3.8, 4) is 5.75 Å². The van der Waals surface area contributed by atoms with E-state index in [9.17, 15) is 9.59 Å². The molecule has 0 aliphatic carbocycles. The van der Waals surface area contributed by atoms with Crippen molar-refractivity contribution in [1.29, 1.82) is 0 Å². The Labute approximate surface area is 129 Å². The maximum absolute atomic E-state index is 11.8. The Morgan fingerprint density at radius 2 is 1.95 bits per heavy atom. The summed E-state index contributed by atoms with van der Waals surface area (Å²) in [6.07, 6.45) is 2.75. The minimum atomic E-state index is -0.813. The highest BCUT2D eigenvalue weighted by atomic mass is 32.2. The van der Waals surface area contributed by atoms with Gasteiger partial charge in [0.1, 0.15) is 5.75 Å². The summed E-state index contributed by atoms with van der Waals surface area (Å²) in [5.41, 5.74) is 0. The lowest BCUT2D eigenvalue weighted by atomic mass is 10.2. The fourth-order valence-corrected chi connectivity index (χ4v) is 2.08. The summed E-state index contributed by atoms with van der Waals surface area (Å²) in [6.45, 7) is 2.15. The predicted molar refractivity (Wildman–Crippen MR) is 82.8 cm³/mol. The zero-order valence-corrected chi connectivity index (χ0v) is 13.1. The Morgan fingerprint density at radius 3 is 2.52 bits per heavy atom. The van der Waals surface area contributed by atoms with Gasteiger partial charge < -0.3 is 15.2 Å². The predicted octanol–water partition coefficient (Wildman–Crippen LogP) is 2.55. The number of nitrogens with one attached hydrogen (secondary N) is 1. The second-order valence-electron chi connectivity index (χ2n) is 4.58. The van der Waals surface area contributed by atoms with Crippen molar-refractivity contribution in [3.05, 3.63) is 24.3 Å². The van der Waals surface area contributed by atoms with Gasteiger partial charge in [-0.2, -0.15) is 0 Å². The second-order valence-corrected chi connectivity index (χ2v) is 5.46. The lowest BCUT2D eigenvalue weighted by Crippen LogP contribution is -2.36. The van der Waals surface area contributed by atoms with Crippen molar-refractivity contribution in [2.24, 2.45) is 0 Å². The summed E-state index contributed by atoms with van der Waals surface area (Å²) in [6, 6.07) is 7.55. The molecule has 2 N–H and O–H groups in total. The summed E-state index contributed by atoms with van der Waals surface area (Å²) >= 11 is 1.64. The van der Waals surface area contributed by atoms with Crippen LogP contribution in [0, 0.1) is 0 Å². The lowest BCUT2D eigenvalue weighted by molar-refractivity contribution is -0.137. The van der Waals surface area contributed by atoms with Crippen LogP contribution in [0.4, 0.5) is 0 Å². The normalized spacial score (nSPS) is 11.7. The molecule has 1 aromatic rings. The van der Waals surface area contributed by atoms with Crippen LogP contribution in [-0.2, 0) is 9.59 Å². The number of hydrogen-bond donors (Lipinski definition) is 2. The minimum Gasteiger partial charge on any atom is -0.481 e. The van der Waals surface area contributed by atoms with Crippen LogP contribution >= 0.6 is 11.8 Å². The third-order valence-electron chi connectivity index (χ3n) is 2.86. The summed E-state index contributed by atoms with van der Waals surface area (Å²) in [4.78, 5) is 23.3. The number of benzene rings is 1. The molecule has 1 atom stereocenters. The second kappa shape index (κ2) is 9.28. The number of aliphatic carboxylic acids is 1. The van der Waals surface area contributed by atoms with Crippen LogP contribution in [0.3, 0.4) is 0 Å². The van der Waals surface area contributed by atoms with Crippen LogP contribution in [0.25, 0.3) is 0 Å². The molecule has 1 rings (SSSR count). The molecular formula is C15H21NO4S. The van der Waals surface area contributed by atoms with E-state index in [1.165, 1.54) is 0 Å². The standard InChI is InChI=1S/C15H21NO4S/c1-11(15(19)16-10-4-3-5-14(17)18)20-12-6-8-13(21-2)9-7-12/h6-9,11H,3-5,10H2,1-2H3,(H,16,19)(H,17,18). The van der Waals surface area contributed by atoms with E-state index in [-0.39, 0.29) is 12.3 Å². The summed E-state index contributed by atoms with van der Waals surface area (Å²) in [7, 11) is 0.